The molecule has 0 saturated carbocycles. The highest BCUT2D eigenvalue weighted by atomic mass is 32.1. The molecule has 0 aliphatic heterocycles. The van der Waals surface area contributed by atoms with Gasteiger partial charge in [-0.1, -0.05) is 6.92 Å². The zero-order chi connectivity index (χ0) is 18.7. The smallest absolute Gasteiger partial charge is 0.341 e. The molecule has 0 unspecified atom stereocenters. The molecule has 0 radical (unpaired) electrons. The van der Waals surface area contributed by atoms with E-state index in [1.807, 2.05) is 13.8 Å². The monoisotopic (exact) mass is 373 g/mol. The molecule has 1 amide bonds. The Balaban J connectivity index is 1.85. The van der Waals surface area contributed by atoms with E-state index in [0.29, 0.717) is 22.2 Å². The molecule has 138 valence electrons. The van der Waals surface area contributed by atoms with Crippen LogP contribution < -0.4 is 5.32 Å². The largest absolute Gasteiger partial charge is 0.465 e. The average molecular weight is 373 g/mol. The Bertz CT molecular complexity index is 817. The van der Waals surface area contributed by atoms with Crippen molar-refractivity contribution >= 4 is 34.3 Å². The summed E-state index contributed by atoms with van der Waals surface area (Å²) in [5.41, 5.74) is 1.55. The number of fused-ring (bicyclic) bond motifs is 1. The molecule has 1 atom stereocenters. The van der Waals surface area contributed by atoms with Crippen LogP contribution in [0, 0.1) is 5.92 Å². The summed E-state index contributed by atoms with van der Waals surface area (Å²) in [5, 5.41) is 3.42. The lowest BCUT2D eigenvalue weighted by Gasteiger charge is -2.18. The molecule has 1 aliphatic carbocycles. The van der Waals surface area contributed by atoms with Crippen molar-refractivity contribution in [3.8, 4) is 0 Å². The quantitative estimate of drug-likeness (QED) is 0.610. The van der Waals surface area contributed by atoms with Crippen molar-refractivity contribution in [3.05, 3.63) is 46.2 Å². The number of hydrogen-bond acceptors (Lipinski definition) is 5. The first-order valence-electron chi connectivity index (χ1n) is 8.82. The Morgan fingerprint density at radius 2 is 2.23 bits per heavy atom. The van der Waals surface area contributed by atoms with Gasteiger partial charge in [-0.25, -0.2) is 4.79 Å². The standard InChI is InChI=1S/C20H23NO4S/c1-12(2)25-20(23)18-15-8-6-13(3)11-16(15)26-19(18)21-17(22)9-7-14-5-4-10-24-14/h4-5,7,9-10,12-13H,6,8,11H2,1-3H3,(H,21,22)/b9-7+/t13-/m0/s1. The minimum Gasteiger partial charge on any atom is -0.465 e. The zero-order valence-electron chi connectivity index (χ0n) is 15.2. The number of carbonyl (C=O) groups excluding carboxylic acids is 2. The fourth-order valence-electron chi connectivity index (χ4n) is 3.03. The molecule has 0 bridgehead atoms. The molecule has 0 aromatic carbocycles. The van der Waals surface area contributed by atoms with Gasteiger partial charge in [-0.2, -0.15) is 0 Å². The number of furan rings is 1. The maximum Gasteiger partial charge on any atom is 0.341 e. The normalized spacial score (nSPS) is 16.7. The molecule has 2 aromatic rings. The van der Waals surface area contributed by atoms with Crippen molar-refractivity contribution in [3.63, 3.8) is 0 Å². The Morgan fingerprint density at radius 1 is 1.42 bits per heavy atom. The summed E-state index contributed by atoms with van der Waals surface area (Å²) in [4.78, 5) is 26.1. The van der Waals surface area contributed by atoms with Gasteiger partial charge in [0.25, 0.3) is 0 Å². The van der Waals surface area contributed by atoms with Crippen molar-refractivity contribution < 1.29 is 18.7 Å². The van der Waals surface area contributed by atoms with Crippen LogP contribution in [0.5, 0.6) is 0 Å². The number of anilines is 1. The summed E-state index contributed by atoms with van der Waals surface area (Å²) in [5.74, 6) is 0.514. The van der Waals surface area contributed by atoms with E-state index >= 15 is 0 Å². The molecule has 0 fully saturated rings. The minimum absolute atomic E-state index is 0.206. The lowest BCUT2D eigenvalue weighted by atomic mass is 9.88. The van der Waals surface area contributed by atoms with E-state index in [2.05, 4.69) is 12.2 Å². The molecule has 2 heterocycles. The van der Waals surface area contributed by atoms with Crippen LogP contribution in [-0.2, 0) is 22.4 Å². The highest BCUT2D eigenvalue weighted by molar-refractivity contribution is 7.17. The number of amides is 1. The van der Waals surface area contributed by atoms with E-state index in [0.717, 1.165) is 24.8 Å². The molecule has 0 spiro atoms. The number of nitrogens with one attached hydrogen (secondary N) is 1. The first kappa shape index (κ1) is 18.5. The molecular weight excluding hydrogens is 350 g/mol. The Morgan fingerprint density at radius 3 is 2.92 bits per heavy atom. The number of hydrogen-bond donors (Lipinski definition) is 1. The van der Waals surface area contributed by atoms with Crippen LogP contribution in [0.4, 0.5) is 5.00 Å². The van der Waals surface area contributed by atoms with Gasteiger partial charge in [0.15, 0.2) is 0 Å². The van der Waals surface area contributed by atoms with Gasteiger partial charge in [0.05, 0.1) is 17.9 Å². The van der Waals surface area contributed by atoms with E-state index in [9.17, 15) is 9.59 Å². The van der Waals surface area contributed by atoms with Crippen molar-refractivity contribution in [1.82, 2.24) is 0 Å². The van der Waals surface area contributed by atoms with Gasteiger partial charge < -0.3 is 14.5 Å². The summed E-state index contributed by atoms with van der Waals surface area (Å²) in [7, 11) is 0. The van der Waals surface area contributed by atoms with Crippen LogP contribution in [-0.4, -0.2) is 18.0 Å². The number of esters is 1. The van der Waals surface area contributed by atoms with Gasteiger partial charge in [0, 0.05) is 11.0 Å². The topological polar surface area (TPSA) is 68.5 Å². The molecule has 0 saturated heterocycles. The van der Waals surface area contributed by atoms with Crippen molar-refractivity contribution in [2.24, 2.45) is 5.92 Å². The number of rotatable bonds is 5. The van der Waals surface area contributed by atoms with Crippen molar-refractivity contribution in [2.45, 2.75) is 46.1 Å². The summed E-state index contributed by atoms with van der Waals surface area (Å²) >= 11 is 1.48. The molecule has 5 nitrogen and oxygen atoms in total. The summed E-state index contributed by atoms with van der Waals surface area (Å²) < 4.78 is 10.6. The zero-order valence-corrected chi connectivity index (χ0v) is 16.0. The second kappa shape index (κ2) is 7.91. The summed E-state index contributed by atoms with van der Waals surface area (Å²) in [6.45, 7) is 5.85. The van der Waals surface area contributed by atoms with E-state index in [1.54, 1.807) is 24.5 Å². The fraction of sp³-hybridized carbons (Fsp3) is 0.400. The maximum atomic E-state index is 12.6. The number of thiophene rings is 1. The highest BCUT2D eigenvalue weighted by Crippen LogP contribution is 2.40. The van der Waals surface area contributed by atoms with Gasteiger partial charge in [-0.3, -0.25) is 4.79 Å². The van der Waals surface area contributed by atoms with Gasteiger partial charge in [0.1, 0.15) is 10.8 Å². The summed E-state index contributed by atoms with van der Waals surface area (Å²) in [6, 6.07) is 3.52. The van der Waals surface area contributed by atoms with E-state index in [-0.39, 0.29) is 18.0 Å². The third kappa shape index (κ3) is 4.25. The summed E-state index contributed by atoms with van der Waals surface area (Å²) in [6.07, 6.45) is 7.15. The third-order valence-electron chi connectivity index (χ3n) is 4.24. The fourth-order valence-corrected chi connectivity index (χ4v) is 4.43. The van der Waals surface area contributed by atoms with Gasteiger partial charge in [-0.05, 0) is 62.8 Å². The van der Waals surface area contributed by atoms with Crippen LogP contribution >= 0.6 is 11.3 Å². The SMILES string of the molecule is CC(C)OC(=O)c1c(NC(=O)/C=C/c2ccco2)sc2c1CC[C@H](C)C2. The van der Waals surface area contributed by atoms with E-state index in [4.69, 9.17) is 9.15 Å². The Labute approximate surface area is 157 Å². The van der Waals surface area contributed by atoms with Crippen LogP contribution in [0.25, 0.3) is 6.08 Å². The lowest BCUT2D eigenvalue weighted by molar-refractivity contribution is -0.111. The van der Waals surface area contributed by atoms with Crippen LogP contribution in [0.3, 0.4) is 0 Å². The van der Waals surface area contributed by atoms with E-state index in [1.165, 1.54) is 22.3 Å². The molecule has 6 heteroatoms. The van der Waals surface area contributed by atoms with Crippen molar-refractivity contribution in [1.29, 1.82) is 0 Å². The predicted octanol–water partition coefficient (Wildman–Crippen LogP) is 4.68. The van der Waals surface area contributed by atoms with Gasteiger partial charge >= 0.3 is 5.97 Å². The minimum atomic E-state index is -0.364. The third-order valence-corrected chi connectivity index (χ3v) is 5.41. The first-order chi connectivity index (χ1) is 12.4. The van der Waals surface area contributed by atoms with Crippen LogP contribution in [0.15, 0.2) is 28.9 Å². The number of carbonyl (C=O) groups is 2. The lowest BCUT2D eigenvalue weighted by Crippen LogP contribution is -2.18. The van der Waals surface area contributed by atoms with Crippen LogP contribution in [0.1, 0.15) is 53.8 Å². The predicted molar refractivity (Wildman–Crippen MR) is 102 cm³/mol. The van der Waals surface area contributed by atoms with Gasteiger partial charge in [0.2, 0.25) is 5.91 Å². The first-order valence-corrected chi connectivity index (χ1v) is 9.63. The Hall–Kier alpha value is -2.34. The molecule has 26 heavy (non-hydrogen) atoms. The molecular formula is C20H23NO4S. The van der Waals surface area contributed by atoms with Gasteiger partial charge in [-0.15, -0.1) is 11.3 Å². The average Bonchev–Trinajstić information content (AvgIpc) is 3.18. The number of ether oxygens (including phenoxy) is 1. The van der Waals surface area contributed by atoms with E-state index < -0.39 is 0 Å². The maximum absolute atomic E-state index is 12.6. The molecule has 1 aliphatic rings. The molecule has 1 N–H and O–H groups in total. The molecule has 3 rings (SSSR count). The second-order valence-corrected chi connectivity index (χ2v) is 7.95. The highest BCUT2D eigenvalue weighted by Gasteiger charge is 2.29. The van der Waals surface area contributed by atoms with Crippen LogP contribution in [0.2, 0.25) is 0 Å². The Kier molecular flexibility index (Phi) is 5.61. The second-order valence-electron chi connectivity index (χ2n) is 6.85. The van der Waals surface area contributed by atoms with Crippen molar-refractivity contribution in [2.75, 3.05) is 5.32 Å². The molecule has 2 aromatic heterocycles.